The normalized spacial score (nSPS) is 19.7. The van der Waals surface area contributed by atoms with Crippen LogP contribution in [0.5, 0.6) is 0 Å². The average molecular weight is 305 g/mol. The zero-order valence-electron chi connectivity index (χ0n) is 12.9. The summed E-state index contributed by atoms with van der Waals surface area (Å²) in [6.45, 7) is 3.50. The van der Waals surface area contributed by atoms with Gasteiger partial charge in [0.25, 0.3) is 5.69 Å². The summed E-state index contributed by atoms with van der Waals surface area (Å²) in [5.41, 5.74) is 6.83. The minimum Gasteiger partial charge on any atom is -0.342 e. The highest BCUT2D eigenvalue weighted by molar-refractivity contribution is 5.76. The molecule has 120 valence electrons. The summed E-state index contributed by atoms with van der Waals surface area (Å²) in [7, 11) is 0. The fourth-order valence-electron chi connectivity index (χ4n) is 2.90. The van der Waals surface area contributed by atoms with Gasteiger partial charge < -0.3 is 10.6 Å². The molecule has 1 aromatic carbocycles. The van der Waals surface area contributed by atoms with E-state index in [0.717, 1.165) is 31.5 Å². The van der Waals surface area contributed by atoms with Crippen molar-refractivity contribution < 1.29 is 9.72 Å². The molecule has 2 atom stereocenters. The highest BCUT2D eigenvalue weighted by Gasteiger charge is 2.25. The Morgan fingerprint density at radius 3 is 3.00 bits per heavy atom. The molecule has 22 heavy (non-hydrogen) atoms. The Morgan fingerprint density at radius 2 is 2.32 bits per heavy atom. The zero-order chi connectivity index (χ0) is 16.1. The number of benzene rings is 1. The number of amides is 1. The van der Waals surface area contributed by atoms with Crippen molar-refractivity contribution in [1.29, 1.82) is 0 Å². The van der Waals surface area contributed by atoms with E-state index in [-0.39, 0.29) is 17.6 Å². The molecule has 2 N–H and O–H groups in total. The number of rotatable bonds is 5. The van der Waals surface area contributed by atoms with E-state index in [1.165, 1.54) is 12.1 Å². The zero-order valence-corrected chi connectivity index (χ0v) is 12.9. The predicted octanol–water partition coefficient (Wildman–Crippen LogP) is 2.11. The number of hydrogen-bond donors (Lipinski definition) is 1. The van der Waals surface area contributed by atoms with E-state index >= 15 is 0 Å². The number of nitro benzene ring substituents is 1. The first-order valence-corrected chi connectivity index (χ1v) is 7.74. The third-order valence-electron chi connectivity index (χ3n) is 4.30. The number of non-ortho nitro benzene ring substituents is 1. The SMILES string of the molecule is CC(N)C1CCCN(C(=O)CCc2cccc([N+](=O)[O-])c2)C1. The van der Waals surface area contributed by atoms with Crippen LogP contribution in [0, 0.1) is 16.0 Å². The maximum atomic E-state index is 12.3. The Hall–Kier alpha value is -1.95. The highest BCUT2D eigenvalue weighted by Crippen LogP contribution is 2.20. The van der Waals surface area contributed by atoms with Crippen LogP contribution in [0.4, 0.5) is 5.69 Å². The van der Waals surface area contributed by atoms with Gasteiger partial charge >= 0.3 is 0 Å². The van der Waals surface area contributed by atoms with E-state index in [1.54, 1.807) is 6.07 Å². The van der Waals surface area contributed by atoms with Gasteiger partial charge in [-0.05, 0) is 37.7 Å². The summed E-state index contributed by atoms with van der Waals surface area (Å²) in [4.78, 5) is 24.5. The standard InChI is InChI=1S/C16H23N3O3/c1-12(17)14-5-3-9-18(11-14)16(20)8-7-13-4-2-6-15(10-13)19(21)22/h2,4,6,10,12,14H,3,5,7-9,11,17H2,1H3. The molecular formula is C16H23N3O3. The van der Waals surface area contributed by atoms with Crippen molar-refractivity contribution in [2.75, 3.05) is 13.1 Å². The summed E-state index contributed by atoms with van der Waals surface area (Å²) in [5.74, 6) is 0.479. The molecule has 2 rings (SSSR count). The van der Waals surface area contributed by atoms with E-state index in [9.17, 15) is 14.9 Å². The van der Waals surface area contributed by atoms with Crippen LogP contribution in [0.3, 0.4) is 0 Å². The van der Waals surface area contributed by atoms with Gasteiger partial charge in [-0.25, -0.2) is 0 Å². The monoisotopic (exact) mass is 305 g/mol. The first kappa shape index (κ1) is 16.4. The van der Waals surface area contributed by atoms with Crippen molar-refractivity contribution in [3.8, 4) is 0 Å². The number of likely N-dealkylation sites (tertiary alicyclic amines) is 1. The lowest BCUT2D eigenvalue weighted by molar-refractivity contribution is -0.384. The molecule has 1 saturated heterocycles. The van der Waals surface area contributed by atoms with Crippen molar-refractivity contribution in [2.24, 2.45) is 11.7 Å². The number of carbonyl (C=O) groups excluding carboxylic acids is 1. The maximum absolute atomic E-state index is 12.3. The fraction of sp³-hybridized carbons (Fsp3) is 0.562. The van der Waals surface area contributed by atoms with E-state index in [0.29, 0.717) is 18.8 Å². The molecule has 6 heteroatoms. The second-order valence-electron chi connectivity index (χ2n) is 6.03. The maximum Gasteiger partial charge on any atom is 0.269 e. The van der Waals surface area contributed by atoms with Crippen LogP contribution in [0.25, 0.3) is 0 Å². The van der Waals surface area contributed by atoms with E-state index < -0.39 is 4.92 Å². The highest BCUT2D eigenvalue weighted by atomic mass is 16.6. The van der Waals surface area contributed by atoms with Crippen molar-refractivity contribution in [3.05, 3.63) is 39.9 Å². The van der Waals surface area contributed by atoms with Crippen LogP contribution >= 0.6 is 0 Å². The van der Waals surface area contributed by atoms with Gasteiger partial charge in [-0.15, -0.1) is 0 Å². The van der Waals surface area contributed by atoms with Crippen LogP contribution in [0.15, 0.2) is 24.3 Å². The largest absolute Gasteiger partial charge is 0.342 e. The molecule has 0 bridgehead atoms. The van der Waals surface area contributed by atoms with Gasteiger partial charge in [0.05, 0.1) is 4.92 Å². The van der Waals surface area contributed by atoms with E-state index in [2.05, 4.69) is 0 Å². The summed E-state index contributed by atoms with van der Waals surface area (Å²) in [6.07, 6.45) is 2.98. The lowest BCUT2D eigenvalue weighted by Gasteiger charge is -2.34. The molecule has 1 heterocycles. The average Bonchev–Trinajstić information content (AvgIpc) is 2.53. The second kappa shape index (κ2) is 7.35. The van der Waals surface area contributed by atoms with Crippen molar-refractivity contribution in [3.63, 3.8) is 0 Å². The number of nitro groups is 1. The quantitative estimate of drug-likeness (QED) is 0.666. The first-order chi connectivity index (χ1) is 10.5. The molecule has 0 radical (unpaired) electrons. The number of hydrogen-bond acceptors (Lipinski definition) is 4. The van der Waals surface area contributed by atoms with Crippen LogP contribution in [-0.2, 0) is 11.2 Å². The Morgan fingerprint density at radius 1 is 1.55 bits per heavy atom. The summed E-state index contributed by atoms with van der Waals surface area (Å²) < 4.78 is 0. The summed E-state index contributed by atoms with van der Waals surface area (Å²) >= 11 is 0. The Labute approximate surface area is 130 Å². The number of nitrogens with two attached hydrogens (primary N) is 1. The van der Waals surface area contributed by atoms with Gasteiger partial charge in [-0.3, -0.25) is 14.9 Å². The molecule has 1 fully saturated rings. The molecule has 2 unspecified atom stereocenters. The van der Waals surface area contributed by atoms with Crippen molar-refractivity contribution in [1.82, 2.24) is 4.90 Å². The lowest BCUT2D eigenvalue weighted by Crippen LogP contribution is -2.45. The van der Waals surface area contributed by atoms with Gasteiger partial charge in [-0.2, -0.15) is 0 Å². The Kier molecular flexibility index (Phi) is 5.49. The van der Waals surface area contributed by atoms with E-state index in [4.69, 9.17) is 5.73 Å². The molecule has 0 aliphatic carbocycles. The molecule has 0 saturated carbocycles. The van der Waals surface area contributed by atoms with Crippen LogP contribution < -0.4 is 5.73 Å². The molecule has 1 aliphatic rings. The molecular weight excluding hydrogens is 282 g/mol. The Balaban J connectivity index is 1.89. The number of aryl methyl sites for hydroxylation is 1. The minimum atomic E-state index is -0.414. The number of nitrogens with zero attached hydrogens (tertiary/aromatic N) is 2. The molecule has 6 nitrogen and oxygen atoms in total. The number of piperidine rings is 1. The topological polar surface area (TPSA) is 89.5 Å². The first-order valence-electron chi connectivity index (χ1n) is 7.74. The van der Waals surface area contributed by atoms with Crippen molar-refractivity contribution >= 4 is 11.6 Å². The predicted molar refractivity (Wildman–Crippen MR) is 84.4 cm³/mol. The van der Waals surface area contributed by atoms with Gasteiger partial charge in [0.2, 0.25) is 5.91 Å². The van der Waals surface area contributed by atoms with Gasteiger partial charge in [0.1, 0.15) is 0 Å². The van der Waals surface area contributed by atoms with Crippen LogP contribution in [-0.4, -0.2) is 34.9 Å². The van der Waals surface area contributed by atoms with Crippen molar-refractivity contribution in [2.45, 2.75) is 38.6 Å². The van der Waals surface area contributed by atoms with Crippen LogP contribution in [0.2, 0.25) is 0 Å². The van der Waals surface area contributed by atoms with Gasteiger partial charge in [-0.1, -0.05) is 12.1 Å². The third kappa shape index (κ3) is 4.27. The molecule has 0 aromatic heterocycles. The fourth-order valence-corrected chi connectivity index (χ4v) is 2.90. The van der Waals surface area contributed by atoms with Gasteiger partial charge in [0.15, 0.2) is 0 Å². The minimum absolute atomic E-state index is 0.0694. The lowest BCUT2D eigenvalue weighted by atomic mass is 9.92. The third-order valence-corrected chi connectivity index (χ3v) is 4.30. The Bertz CT molecular complexity index is 545. The van der Waals surface area contributed by atoms with Crippen LogP contribution in [0.1, 0.15) is 31.7 Å². The summed E-state index contributed by atoms with van der Waals surface area (Å²) in [5, 5.41) is 10.8. The number of carbonyl (C=O) groups is 1. The molecule has 1 aromatic rings. The van der Waals surface area contributed by atoms with Gasteiger partial charge in [0, 0.05) is 37.7 Å². The van der Waals surface area contributed by atoms with E-state index in [1.807, 2.05) is 17.9 Å². The smallest absolute Gasteiger partial charge is 0.269 e. The molecule has 0 spiro atoms. The molecule has 1 aliphatic heterocycles. The summed E-state index contributed by atoms with van der Waals surface area (Å²) in [6, 6.07) is 6.58. The second-order valence-corrected chi connectivity index (χ2v) is 6.03. The molecule has 1 amide bonds.